The van der Waals surface area contributed by atoms with E-state index in [0.717, 1.165) is 6.20 Å². The van der Waals surface area contributed by atoms with Gasteiger partial charge in [-0.2, -0.15) is 0 Å². The van der Waals surface area contributed by atoms with Crippen molar-refractivity contribution in [1.82, 2.24) is 14.9 Å². The van der Waals surface area contributed by atoms with Gasteiger partial charge in [0.15, 0.2) is 0 Å². The standard InChI is InChI=1S/C11H15N3O4/c1-7(11(17)18-3)6-14(2)10(16)8-4-13-9(15)5-12-8/h4-5,7H,6H2,1-3H3,(H,13,15). The molecule has 1 aromatic heterocycles. The molecule has 98 valence electrons. The van der Waals surface area contributed by atoms with Crippen LogP contribution in [0.5, 0.6) is 0 Å². The quantitative estimate of drug-likeness (QED) is 0.740. The average Bonchev–Trinajstić information content (AvgIpc) is 2.37. The maximum absolute atomic E-state index is 11.9. The molecule has 1 heterocycles. The number of carbonyl (C=O) groups excluding carboxylic acids is 2. The van der Waals surface area contributed by atoms with Crippen molar-refractivity contribution in [2.24, 2.45) is 5.92 Å². The number of methoxy groups -OCH3 is 1. The van der Waals surface area contributed by atoms with E-state index in [-0.39, 0.29) is 29.7 Å². The highest BCUT2D eigenvalue weighted by Gasteiger charge is 2.20. The third-order valence-corrected chi connectivity index (χ3v) is 2.39. The van der Waals surface area contributed by atoms with E-state index in [1.165, 1.54) is 18.2 Å². The van der Waals surface area contributed by atoms with Gasteiger partial charge in [-0.3, -0.25) is 14.4 Å². The smallest absolute Gasteiger partial charge is 0.310 e. The van der Waals surface area contributed by atoms with E-state index in [9.17, 15) is 14.4 Å². The average molecular weight is 253 g/mol. The summed E-state index contributed by atoms with van der Waals surface area (Å²) in [5.41, 5.74) is -0.258. The summed E-state index contributed by atoms with van der Waals surface area (Å²) in [7, 11) is 2.85. The lowest BCUT2D eigenvalue weighted by Gasteiger charge is -2.19. The number of hydrogen-bond donors (Lipinski definition) is 1. The van der Waals surface area contributed by atoms with Crippen LogP contribution in [0.2, 0.25) is 0 Å². The second-order valence-corrected chi connectivity index (χ2v) is 3.91. The number of nitrogens with zero attached hydrogens (tertiary/aromatic N) is 2. The molecule has 0 radical (unpaired) electrons. The maximum atomic E-state index is 11.9. The Kier molecular flexibility index (Phi) is 4.59. The van der Waals surface area contributed by atoms with E-state index in [4.69, 9.17) is 0 Å². The first-order valence-electron chi connectivity index (χ1n) is 5.33. The Morgan fingerprint density at radius 3 is 2.72 bits per heavy atom. The monoisotopic (exact) mass is 253 g/mol. The minimum atomic E-state index is -0.424. The normalized spacial score (nSPS) is 11.7. The van der Waals surface area contributed by atoms with Gasteiger partial charge >= 0.3 is 5.97 Å². The van der Waals surface area contributed by atoms with Crippen LogP contribution < -0.4 is 5.56 Å². The van der Waals surface area contributed by atoms with Gasteiger partial charge < -0.3 is 14.6 Å². The second-order valence-electron chi connectivity index (χ2n) is 3.91. The molecule has 0 saturated carbocycles. The van der Waals surface area contributed by atoms with Gasteiger partial charge in [0.2, 0.25) is 0 Å². The Morgan fingerprint density at radius 2 is 2.22 bits per heavy atom. The molecular formula is C11H15N3O4. The Labute approximate surface area is 104 Å². The van der Waals surface area contributed by atoms with Crippen LogP contribution in [0.25, 0.3) is 0 Å². The predicted molar refractivity (Wildman–Crippen MR) is 63.0 cm³/mol. The van der Waals surface area contributed by atoms with Crippen molar-refractivity contribution in [3.8, 4) is 0 Å². The Morgan fingerprint density at radius 1 is 1.56 bits per heavy atom. The summed E-state index contributed by atoms with van der Waals surface area (Å²) in [6.45, 7) is 1.88. The maximum Gasteiger partial charge on any atom is 0.310 e. The van der Waals surface area contributed by atoms with Gasteiger partial charge in [-0.1, -0.05) is 6.92 Å². The topological polar surface area (TPSA) is 92.4 Å². The lowest BCUT2D eigenvalue weighted by Crippen LogP contribution is -2.34. The van der Waals surface area contributed by atoms with E-state index < -0.39 is 5.92 Å². The fourth-order valence-electron chi connectivity index (χ4n) is 1.42. The fourth-order valence-corrected chi connectivity index (χ4v) is 1.42. The van der Waals surface area contributed by atoms with Crippen LogP contribution in [0.1, 0.15) is 17.4 Å². The number of amides is 1. The van der Waals surface area contributed by atoms with E-state index in [0.29, 0.717) is 0 Å². The molecule has 1 aromatic rings. The molecule has 1 rings (SSSR count). The molecule has 0 aliphatic carbocycles. The SMILES string of the molecule is COC(=O)C(C)CN(C)C(=O)c1c[nH]c(=O)cn1. The highest BCUT2D eigenvalue weighted by atomic mass is 16.5. The highest BCUT2D eigenvalue weighted by Crippen LogP contribution is 2.03. The third kappa shape index (κ3) is 3.41. The molecule has 1 atom stereocenters. The van der Waals surface area contributed by atoms with Crippen molar-refractivity contribution < 1.29 is 14.3 Å². The summed E-state index contributed by atoms with van der Waals surface area (Å²) in [5.74, 6) is -1.18. The van der Waals surface area contributed by atoms with Gasteiger partial charge in [0.25, 0.3) is 11.5 Å². The number of ether oxygens (including phenoxy) is 1. The fraction of sp³-hybridized carbons (Fsp3) is 0.455. The van der Waals surface area contributed by atoms with Gasteiger partial charge in [0, 0.05) is 19.8 Å². The van der Waals surface area contributed by atoms with Crippen LogP contribution in [-0.2, 0) is 9.53 Å². The highest BCUT2D eigenvalue weighted by molar-refractivity contribution is 5.92. The molecule has 1 unspecified atom stereocenters. The number of aromatic nitrogens is 2. The van der Waals surface area contributed by atoms with Crippen molar-refractivity contribution in [2.45, 2.75) is 6.92 Å². The van der Waals surface area contributed by atoms with Crippen LogP contribution in [0, 0.1) is 5.92 Å². The third-order valence-electron chi connectivity index (χ3n) is 2.39. The van der Waals surface area contributed by atoms with E-state index >= 15 is 0 Å². The molecule has 18 heavy (non-hydrogen) atoms. The van der Waals surface area contributed by atoms with Gasteiger partial charge in [-0.15, -0.1) is 0 Å². The zero-order valence-corrected chi connectivity index (χ0v) is 10.5. The van der Waals surface area contributed by atoms with Gasteiger partial charge in [-0.25, -0.2) is 4.98 Å². The number of carbonyl (C=O) groups is 2. The summed E-state index contributed by atoms with van der Waals surface area (Å²) >= 11 is 0. The molecule has 1 N–H and O–H groups in total. The van der Waals surface area contributed by atoms with Gasteiger partial charge in [-0.05, 0) is 0 Å². The van der Waals surface area contributed by atoms with Crippen molar-refractivity contribution >= 4 is 11.9 Å². The van der Waals surface area contributed by atoms with Crippen molar-refractivity contribution in [2.75, 3.05) is 20.7 Å². The Bertz CT molecular complexity index is 477. The molecule has 0 aromatic carbocycles. The van der Waals surface area contributed by atoms with Crippen LogP contribution in [0.15, 0.2) is 17.2 Å². The first kappa shape index (κ1) is 13.9. The number of H-pyrrole nitrogens is 1. The molecule has 0 bridgehead atoms. The molecular weight excluding hydrogens is 238 g/mol. The van der Waals surface area contributed by atoms with Crippen molar-refractivity contribution in [3.63, 3.8) is 0 Å². The number of rotatable bonds is 4. The lowest BCUT2D eigenvalue weighted by molar-refractivity contribution is -0.145. The molecule has 0 saturated heterocycles. The van der Waals surface area contributed by atoms with Gasteiger partial charge in [0.05, 0.1) is 19.2 Å². The number of aromatic amines is 1. The van der Waals surface area contributed by atoms with Crippen LogP contribution in [0.4, 0.5) is 0 Å². The van der Waals surface area contributed by atoms with E-state index in [1.807, 2.05) is 0 Å². The largest absolute Gasteiger partial charge is 0.469 e. The zero-order chi connectivity index (χ0) is 13.7. The number of nitrogens with one attached hydrogen (secondary N) is 1. The minimum Gasteiger partial charge on any atom is -0.469 e. The molecule has 0 aliphatic rings. The van der Waals surface area contributed by atoms with Crippen LogP contribution in [0.3, 0.4) is 0 Å². The van der Waals surface area contributed by atoms with Crippen LogP contribution >= 0.6 is 0 Å². The Balaban J connectivity index is 2.69. The van der Waals surface area contributed by atoms with E-state index in [1.54, 1.807) is 14.0 Å². The van der Waals surface area contributed by atoms with Crippen molar-refractivity contribution in [1.29, 1.82) is 0 Å². The number of esters is 1. The molecule has 7 heteroatoms. The first-order valence-corrected chi connectivity index (χ1v) is 5.33. The number of hydrogen-bond acceptors (Lipinski definition) is 5. The van der Waals surface area contributed by atoms with E-state index in [2.05, 4.69) is 14.7 Å². The van der Waals surface area contributed by atoms with Crippen molar-refractivity contribution in [3.05, 3.63) is 28.4 Å². The summed E-state index contributed by atoms with van der Waals surface area (Å²) < 4.78 is 4.57. The predicted octanol–water partition coefficient (Wildman–Crippen LogP) is -0.349. The second kappa shape index (κ2) is 5.95. The molecule has 1 amide bonds. The Hall–Kier alpha value is -2.18. The summed E-state index contributed by atoms with van der Waals surface area (Å²) in [4.78, 5) is 41.4. The molecule has 0 spiro atoms. The molecule has 0 fully saturated rings. The summed E-state index contributed by atoms with van der Waals surface area (Å²) in [5, 5.41) is 0. The summed E-state index contributed by atoms with van der Waals surface area (Å²) in [6, 6.07) is 0. The van der Waals surface area contributed by atoms with Crippen LogP contribution in [-0.4, -0.2) is 47.4 Å². The first-order chi connectivity index (χ1) is 8.45. The zero-order valence-electron chi connectivity index (χ0n) is 10.5. The minimum absolute atomic E-state index is 0.120. The molecule has 7 nitrogen and oxygen atoms in total. The lowest BCUT2D eigenvalue weighted by atomic mass is 10.1. The summed E-state index contributed by atoms with van der Waals surface area (Å²) in [6.07, 6.45) is 2.27. The molecule has 0 aliphatic heterocycles. The van der Waals surface area contributed by atoms with Gasteiger partial charge in [0.1, 0.15) is 5.69 Å².